The van der Waals surface area contributed by atoms with E-state index in [2.05, 4.69) is 15.0 Å². The van der Waals surface area contributed by atoms with Gasteiger partial charge in [0.2, 0.25) is 0 Å². The Morgan fingerprint density at radius 1 is 1.41 bits per heavy atom. The number of halogens is 3. The third-order valence-electron chi connectivity index (χ3n) is 2.70. The fraction of sp³-hybridized carbons (Fsp3) is 0.231. The molecule has 1 heterocycles. The molecule has 0 aliphatic rings. The fourth-order valence-electron chi connectivity index (χ4n) is 1.75. The van der Waals surface area contributed by atoms with Crippen LogP contribution in [0.25, 0.3) is 5.69 Å². The van der Waals surface area contributed by atoms with E-state index in [1.54, 1.807) is 0 Å². The maximum absolute atomic E-state index is 13.1. The van der Waals surface area contributed by atoms with Crippen molar-refractivity contribution in [1.29, 1.82) is 0 Å². The van der Waals surface area contributed by atoms with Crippen LogP contribution in [-0.2, 0) is 10.9 Å². The van der Waals surface area contributed by atoms with Crippen molar-refractivity contribution < 1.29 is 27.5 Å². The zero-order chi connectivity index (χ0) is 16.3. The van der Waals surface area contributed by atoms with Crippen LogP contribution in [-0.4, -0.2) is 33.9 Å². The van der Waals surface area contributed by atoms with Crippen LogP contribution in [0, 0.1) is 0 Å². The van der Waals surface area contributed by atoms with Crippen molar-refractivity contribution in [2.24, 2.45) is 0 Å². The van der Waals surface area contributed by atoms with Gasteiger partial charge in [-0.3, -0.25) is 4.79 Å². The number of carbonyl (C=O) groups excluding carboxylic acids is 2. The summed E-state index contributed by atoms with van der Waals surface area (Å²) in [5, 5.41) is 7.01. The fourth-order valence-corrected chi connectivity index (χ4v) is 1.75. The summed E-state index contributed by atoms with van der Waals surface area (Å²) in [7, 11) is 0. The molecule has 1 aromatic heterocycles. The number of ether oxygens (including phenoxy) is 1. The van der Waals surface area contributed by atoms with Gasteiger partial charge in [-0.25, -0.2) is 9.48 Å². The minimum atomic E-state index is -4.74. The number of nitrogens with zero attached hydrogens (tertiary/aromatic N) is 3. The van der Waals surface area contributed by atoms with Gasteiger partial charge < -0.3 is 4.74 Å². The van der Waals surface area contributed by atoms with Crippen LogP contribution in [0.15, 0.2) is 24.4 Å². The predicted octanol–water partition coefficient (Wildman–Crippen LogP) is 2.28. The van der Waals surface area contributed by atoms with Gasteiger partial charge in [-0.1, -0.05) is 5.21 Å². The first kappa shape index (κ1) is 15.7. The quantitative estimate of drug-likeness (QED) is 0.639. The molecule has 116 valence electrons. The number of carbonyl (C=O) groups is 2. The maximum Gasteiger partial charge on any atom is 0.417 e. The van der Waals surface area contributed by atoms with Crippen LogP contribution in [0.2, 0.25) is 0 Å². The second kappa shape index (κ2) is 5.96. The van der Waals surface area contributed by atoms with E-state index >= 15 is 0 Å². The molecule has 6 nitrogen and oxygen atoms in total. The minimum Gasteiger partial charge on any atom is -0.462 e. The number of aldehydes is 1. The van der Waals surface area contributed by atoms with E-state index in [0.29, 0.717) is 6.29 Å². The van der Waals surface area contributed by atoms with Gasteiger partial charge in [0.05, 0.1) is 29.6 Å². The SMILES string of the molecule is CCOC(=O)c1ccc(-n2cc(C=O)nn2)cc1C(F)(F)F. The summed E-state index contributed by atoms with van der Waals surface area (Å²) in [5.74, 6) is -1.06. The number of alkyl halides is 3. The van der Waals surface area contributed by atoms with Gasteiger partial charge in [-0.05, 0) is 25.1 Å². The normalized spacial score (nSPS) is 11.3. The molecule has 0 atom stereocenters. The third kappa shape index (κ3) is 3.13. The van der Waals surface area contributed by atoms with E-state index in [4.69, 9.17) is 0 Å². The molecular formula is C13H10F3N3O3. The van der Waals surface area contributed by atoms with Crippen LogP contribution in [0.3, 0.4) is 0 Å². The zero-order valence-corrected chi connectivity index (χ0v) is 11.3. The number of hydrogen-bond acceptors (Lipinski definition) is 5. The summed E-state index contributed by atoms with van der Waals surface area (Å²) in [6, 6.07) is 3.00. The van der Waals surface area contributed by atoms with Crippen LogP contribution in [0.4, 0.5) is 13.2 Å². The molecule has 22 heavy (non-hydrogen) atoms. The number of esters is 1. The maximum atomic E-state index is 13.1. The second-order valence-electron chi connectivity index (χ2n) is 4.15. The van der Waals surface area contributed by atoms with Gasteiger partial charge in [0.1, 0.15) is 5.69 Å². The first-order valence-corrected chi connectivity index (χ1v) is 6.13. The Balaban J connectivity index is 2.52. The van der Waals surface area contributed by atoms with Gasteiger partial charge >= 0.3 is 12.1 Å². The molecule has 0 bridgehead atoms. The summed E-state index contributed by atoms with van der Waals surface area (Å²) in [4.78, 5) is 22.1. The minimum absolute atomic E-state index is 0.0148. The van der Waals surface area contributed by atoms with Crippen molar-refractivity contribution in [1.82, 2.24) is 15.0 Å². The Hall–Kier alpha value is -2.71. The molecule has 0 N–H and O–H groups in total. The lowest BCUT2D eigenvalue weighted by Gasteiger charge is -2.13. The van der Waals surface area contributed by atoms with Gasteiger partial charge in [0.25, 0.3) is 0 Å². The van der Waals surface area contributed by atoms with Crippen molar-refractivity contribution in [3.8, 4) is 5.69 Å². The molecule has 0 saturated heterocycles. The lowest BCUT2D eigenvalue weighted by Crippen LogP contribution is -2.16. The first-order chi connectivity index (χ1) is 10.4. The Morgan fingerprint density at radius 3 is 2.68 bits per heavy atom. The van der Waals surface area contributed by atoms with Gasteiger partial charge in [0, 0.05) is 0 Å². The molecule has 0 saturated carbocycles. The van der Waals surface area contributed by atoms with Crippen LogP contribution in [0.1, 0.15) is 33.3 Å². The molecule has 0 spiro atoms. The molecule has 0 fully saturated rings. The predicted molar refractivity (Wildman–Crippen MR) is 67.7 cm³/mol. The Morgan fingerprint density at radius 2 is 2.14 bits per heavy atom. The number of benzene rings is 1. The lowest BCUT2D eigenvalue weighted by molar-refractivity contribution is -0.138. The van der Waals surface area contributed by atoms with Crippen LogP contribution in [0.5, 0.6) is 0 Å². The highest BCUT2D eigenvalue weighted by atomic mass is 19.4. The van der Waals surface area contributed by atoms with E-state index in [1.165, 1.54) is 19.2 Å². The standard InChI is InChI=1S/C13H10F3N3O3/c1-2-22-12(21)10-4-3-9(5-11(10)13(14,15)16)19-6-8(7-20)17-18-19/h3-7H,2H2,1H3. The Labute approximate surface area is 122 Å². The summed E-state index contributed by atoms with van der Waals surface area (Å²) in [6.45, 7) is 1.46. The number of rotatable bonds is 4. The molecule has 9 heteroatoms. The molecular weight excluding hydrogens is 303 g/mol. The Kier molecular flexibility index (Phi) is 4.25. The topological polar surface area (TPSA) is 74.1 Å². The van der Waals surface area contributed by atoms with Crippen LogP contribution >= 0.6 is 0 Å². The van der Waals surface area contributed by atoms with Gasteiger partial charge in [-0.2, -0.15) is 13.2 Å². The molecule has 0 amide bonds. The summed E-state index contributed by atoms with van der Waals surface area (Å²) in [5.41, 5.74) is -1.75. The summed E-state index contributed by atoms with van der Waals surface area (Å²) >= 11 is 0. The van der Waals surface area contributed by atoms with E-state index in [1.807, 2.05) is 0 Å². The molecule has 0 aliphatic carbocycles. The molecule has 0 radical (unpaired) electrons. The van der Waals surface area contributed by atoms with Gasteiger partial charge in [-0.15, -0.1) is 5.10 Å². The summed E-state index contributed by atoms with van der Waals surface area (Å²) < 4.78 is 44.9. The molecule has 1 aromatic carbocycles. The van der Waals surface area contributed by atoms with E-state index in [9.17, 15) is 22.8 Å². The van der Waals surface area contributed by atoms with Crippen molar-refractivity contribution >= 4 is 12.3 Å². The highest BCUT2D eigenvalue weighted by molar-refractivity contribution is 5.91. The number of aromatic nitrogens is 3. The average molecular weight is 313 g/mol. The van der Waals surface area contributed by atoms with Crippen LogP contribution < -0.4 is 0 Å². The van der Waals surface area contributed by atoms with Gasteiger partial charge in [0.15, 0.2) is 6.29 Å². The second-order valence-corrected chi connectivity index (χ2v) is 4.15. The molecule has 0 unspecified atom stereocenters. The molecule has 0 aliphatic heterocycles. The van der Waals surface area contributed by atoms with Crippen molar-refractivity contribution in [2.45, 2.75) is 13.1 Å². The number of hydrogen-bond donors (Lipinski definition) is 0. The molecule has 2 aromatic rings. The largest absolute Gasteiger partial charge is 0.462 e. The van der Waals surface area contributed by atoms with Crippen molar-refractivity contribution in [2.75, 3.05) is 6.61 Å². The van der Waals surface area contributed by atoms with Crippen molar-refractivity contribution in [3.63, 3.8) is 0 Å². The van der Waals surface area contributed by atoms with Crippen molar-refractivity contribution in [3.05, 3.63) is 41.2 Å². The molecule has 2 rings (SSSR count). The van der Waals surface area contributed by atoms with E-state index in [-0.39, 0.29) is 18.0 Å². The van der Waals surface area contributed by atoms with E-state index < -0.39 is 23.3 Å². The average Bonchev–Trinajstić information content (AvgIpc) is 2.95. The Bertz CT molecular complexity index is 710. The first-order valence-electron chi connectivity index (χ1n) is 6.13. The smallest absolute Gasteiger partial charge is 0.417 e. The highest BCUT2D eigenvalue weighted by Gasteiger charge is 2.36. The third-order valence-corrected chi connectivity index (χ3v) is 2.70. The monoisotopic (exact) mass is 313 g/mol. The lowest BCUT2D eigenvalue weighted by atomic mass is 10.1. The van der Waals surface area contributed by atoms with E-state index in [0.717, 1.165) is 16.8 Å². The zero-order valence-electron chi connectivity index (χ0n) is 11.3. The summed E-state index contributed by atoms with van der Waals surface area (Å²) in [6.07, 6.45) is -3.15. The highest BCUT2D eigenvalue weighted by Crippen LogP contribution is 2.33.